The van der Waals surface area contributed by atoms with E-state index in [1.807, 2.05) is 12.1 Å². The zero-order chi connectivity index (χ0) is 14.1. The Kier molecular flexibility index (Phi) is 3.31. The molecule has 3 rings (SSSR count). The van der Waals surface area contributed by atoms with Crippen LogP contribution in [0.15, 0.2) is 18.2 Å². The van der Waals surface area contributed by atoms with Crippen LogP contribution in [-0.2, 0) is 4.79 Å². The van der Waals surface area contributed by atoms with Gasteiger partial charge in [0, 0.05) is 17.2 Å². The number of hydrogen-bond donors (Lipinski definition) is 1. The third kappa shape index (κ3) is 2.46. The Morgan fingerprint density at radius 2 is 1.80 bits per heavy atom. The molecule has 0 bridgehead atoms. The van der Waals surface area contributed by atoms with Gasteiger partial charge >= 0.3 is 5.97 Å². The lowest BCUT2D eigenvalue weighted by Gasteiger charge is -2.17. The molecular formula is C14H12O5S. The average molecular weight is 292 g/mol. The number of thiophene rings is 1. The monoisotopic (exact) mass is 292 g/mol. The van der Waals surface area contributed by atoms with Crippen LogP contribution < -0.4 is 9.47 Å². The van der Waals surface area contributed by atoms with Crippen molar-refractivity contribution in [3.8, 4) is 11.5 Å². The molecule has 0 saturated carbocycles. The number of carbonyl (C=O) groups excluding carboxylic acids is 1. The number of ether oxygens (including phenoxy) is 2. The highest BCUT2D eigenvalue weighted by molar-refractivity contribution is 7.20. The molecule has 0 fully saturated rings. The third-order valence-electron chi connectivity index (χ3n) is 3.02. The first-order chi connectivity index (χ1) is 9.63. The number of ketones is 1. The molecule has 5 nitrogen and oxygen atoms in total. The summed E-state index contributed by atoms with van der Waals surface area (Å²) in [6, 6.07) is 5.50. The number of hydrogen-bond acceptors (Lipinski definition) is 5. The minimum absolute atomic E-state index is 0.0227. The van der Waals surface area contributed by atoms with E-state index in [9.17, 15) is 9.59 Å². The summed E-state index contributed by atoms with van der Waals surface area (Å²) in [5, 5.41) is 9.53. The van der Waals surface area contributed by atoms with Crippen molar-refractivity contribution in [2.75, 3.05) is 13.2 Å². The van der Waals surface area contributed by atoms with Gasteiger partial charge in [0.1, 0.15) is 13.2 Å². The molecule has 0 spiro atoms. The van der Waals surface area contributed by atoms with Crippen molar-refractivity contribution in [2.45, 2.75) is 12.8 Å². The molecule has 6 heteroatoms. The Morgan fingerprint density at radius 1 is 1.10 bits per heavy atom. The summed E-state index contributed by atoms with van der Waals surface area (Å²) < 4.78 is 11.9. The molecule has 1 aromatic heterocycles. The minimum Gasteiger partial charge on any atom is -0.486 e. The Morgan fingerprint density at radius 3 is 2.50 bits per heavy atom. The van der Waals surface area contributed by atoms with Crippen LogP contribution in [0, 0.1) is 0 Å². The van der Waals surface area contributed by atoms with E-state index >= 15 is 0 Å². The molecule has 0 saturated heterocycles. The van der Waals surface area contributed by atoms with Gasteiger partial charge in [-0.3, -0.25) is 9.59 Å². The van der Waals surface area contributed by atoms with Gasteiger partial charge in [0.2, 0.25) is 0 Å². The van der Waals surface area contributed by atoms with E-state index in [0.717, 1.165) is 10.1 Å². The standard InChI is InChI=1S/C14H12O5S/c15-9(1-2-14(16)17)13-6-8-5-10-11(7-12(8)20-13)19-4-3-18-10/h5-7H,1-4H2,(H,16,17). The van der Waals surface area contributed by atoms with Gasteiger partial charge < -0.3 is 14.6 Å². The highest BCUT2D eigenvalue weighted by atomic mass is 32.1. The van der Waals surface area contributed by atoms with Crippen molar-refractivity contribution < 1.29 is 24.2 Å². The SMILES string of the molecule is O=C(O)CCC(=O)c1cc2cc3c(cc2s1)OCCO3. The summed E-state index contributed by atoms with van der Waals surface area (Å²) in [6.45, 7) is 1.04. The van der Waals surface area contributed by atoms with E-state index < -0.39 is 5.97 Å². The number of carboxylic acid groups (broad SMARTS) is 1. The molecule has 0 unspecified atom stereocenters. The smallest absolute Gasteiger partial charge is 0.303 e. The number of fused-ring (bicyclic) bond motifs is 2. The van der Waals surface area contributed by atoms with E-state index in [1.165, 1.54) is 11.3 Å². The lowest BCUT2D eigenvalue weighted by Crippen LogP contribution is -2.14. The van der Waals surface area contributed by atoms with Crippen molar-refractivity contribution in [1.82, 2.24) is 0 Å². The first-order valence-corrected chi connectivity index (χ1v) is 7.03. The molecule has 0 atom stereocenters. The quantitative estimate of drug-likeness (QED) is 0.877. The second kappa shape index (κ2) is 5.13. The fraction of sp³-hybridized carbons (Fsp3) is 0.286. The molecule has 1 aromatic carbocycles. The Bertz CT molecular complexity index is 645. The summed E-state index contributed by atoms with van der Waals surface area (Å²) in [5.74, 6) is 0.270. The molecule has 1 aliphatic heterocycles. The van der Waals surface area contributed by atoms with Crippen molar-refractivity contribution in [3.05, 3.63) is 23.1 Å². The molecule has 2 aromatic rings. The van der Waals surface area contributed by atoms with Crippen molar-refractivity contribution in [1.29, 1.82) is 0 Å². The minimum atomic E-state index is -0.961. The predicted molar refractivity (Wildman–Crippen MR) is 74.0 cm³/mol. The molecule has 2 heterocycles. The lowest BCUT2D eigenvalue weighted by molar-refractivity contribution is -0.136. The summed E-state index contributed by atoms with van der Waals surface area (Å²) >= 11 is 1.35. The first kappa shape index (κ1) is 12.9. The number of carboxylic acids is 1. The summed E-state index contributed by atoms with van der Waals surface area (Å²) in [4.78, 5) is 23.0. The third-order valence-corrected chi connectivity index (χ3v) is 4.16. The highest BCUT2D eigenvalue weighted by Crippen LogP contribution is 2.38. The largest absolute Gasteiger partial charge is 0.486 e. The maximum Gasteiger partial charge on any atom is 0.303 e. The van der Waals surface area contributed by atoms with E-state index in [-0.39, 0.29) is 18.6 Å². The van der Waals surface area contributed by atoms with Crippen LogP contribution in [0.25, 0.3) is 10.1 Å². The van der Waals surface area contributed by atoms with E-state index in [0.29, 0.717) is 29.6 Å². The van der Waals surface area contributed by atoms with Crippen LogP contribution in [0.2, 0.25) is 0 Å². The maximum absolute atomic E-state index is 11.9. The molecule has 104 valence electrons. The van der Waals surface area contributed by atoms with Gasteiger partial charge in [-0.2, -0.15) is 0 Å². The van der Waals surface area contributed by atoms with Crippen LogP contribution in [0.4, 0.5) is 0 Å². The van der Waals surface area contributed by atoms with Gasteiger partial charge in [0.25, 0.3) is 0 Å². The van der Waals surface area contributed by atoms with E-state index in [1.54, 1.807) is 6.07 Å². The van der Waals surface area contributed by atoms with Crippen LogP contribution >= 0.6 is 11.3 Å². The van der Waals surface area contributed by atoms with Gasteiger partial charge in [-0.15, -0.1) is 11.3 Å². The van der Waals surface area contributed by atoms with E-state index in [2.05, 4.69) is 0 Å². The van der Waals surface area contributed by atoms with Crippen LogP contribution in [0.3, 0.4) is 0 Å². The molecule has 0 amide bonds. The molecule has 1 aliphatic rings. The Labute approximate surface area is 118 Å². The zero-order valence-corrected chi connectivity index (χ0v) is 11.4. The summed E-state index contributed by atoms with van der Waals surface area (Å²) in [5.41, 5.74) is 0. The highest BCUT2D eigenvalue weighted by Gasteiger charge is 2.17. The second-order valence-electron chi connectivity index (χ2n) is 4.46. The number of rotatable bonds is 4. The van der Waals surface area contributed by atoms with Gasteiger partial charge in [0.05, 0.1) is 11.3 Å². The fourth-order valence-electron chi connectivity index (χ4n) is 2.06. The summed E-state index contributed by atoms with van der Waals surface area (Å²) in [7, 11) is 0. The molecule has 0 radical (unpaired) electrons. The van der Waals surface area contributed by atoms with Crippen molar-refractivity contribution >= 4 is 33.2 Å². The molecule has 20 heavy (non-hydrogen) atoms. The first-order valence-electron chi connectivity index (χ1n) is 6.21. The predicted octanol–water partition coefficient (Wildman–Crippen LogP) is 2.72. The number of Topliss-reactive ketones (excluding diaryl/α,β-unsaturated/α-hetero) is 1. The lowest BCUT2D eigenvalue weighted by atomic mass is 10.1. The number of carbonyl (C=O) groups is 2. The topological polar surface area (TPSA) is 72.8 Å². The van der Waals surface area contributed by atoms with Gasteiger partial charge in [-0.05, 0) is 17.5 Å². The molecular weight excluding hydrogens is 280 g/mol. The fourth-order valence-corrected chi connectivity index (χ4v) is 3.10. The van der Waals surface area contributed by atoms with Crippen molar-refractivity contribution in [2.24, 2.45) is 0 Å². The van der Waals surface area contributed by atoms with Gasteiger partial charge in [0.15, 0.2) is 17.3 Å². The molecule has 0 aliphatic carbocycles. The average Bonchev–Trinajstić information content (AvgIpc) is 2.84. The maximum atomic E-state index is 11.9. The summed E-state index contributed by atoms with van der Waals surface area (Å²) in [6.07, 6.45) is -0.120. The Hall–Kier alpha value is -2.08. The van der Waals surface area contributed by atoms with Gasteiger partial charge in [-0.1, -0.05) is 0 Å². The van der Waals surface area contributed by atoms with Crippen LogP contribution in [-0.4, -0.2) is 30.1 Å². The van der Waals surface area contributed by atoms with Crippen LogP contribution in [0.5, 0.6) is 11.5 Å². The molecule has 1 N–H and O–H groups in total. The van der Waals surface area contributed by atoms with E-state index in [4.69, 9.17) is 14.6 Å². The second-order valence-corrected chi connectivity index (χ2v) is 5.55. The van der Waals surface area contributed by atoms with Crippen molar-refractivity contribution in [3.63, 3.8) is 0 Å². The Balaban J connectivity index is 1.90. The van der Waals surface area contributed by atoms with Gasteiger partial charge in [-0.25, -0.2) is 0 Å². The number of benzene rings is 1. The zero-order valence-electron chi connectivity index (χ0n) is 10.5. The normalized spacial score (nSPS) is 13.4. The number of aliphatic carboxylic acids is 1. The van der Waals surface area contributed by atoms with Crippen LogP contribution in [0.1, 0.15) is 22.5 Å².